The number of aryl methyl sites for hydroxylation is 2. The lowest BCUT2D eigenvalue weighted by molar-refractivity contribution is 0.0893. The highest BCUT2D eigenvalue weighted by molar-refractivity contribution is 6.13. The van der Waals surface area contributed by atoms with E-state index in [0.29, 0.717) is 16.9 Å². The summed E-state index contributed by atoms with van der Waals surface area (Å²) in [4.78, 5) is 23.8. The maximum Gasteiger partial charge on any atom is 0.174 e. The van der Waals surface area contributed by atoms with Crippen molar-refractivity contribution in [3.05, 3.63) is 59.0 Å². The van der Waals surface area contributed by atoms with Gasteiger partial charge in [0, 0.05) is 5.56 Å². The Bertz CT molecular complexity index is 576. The van der Waals surface area contributed by atoms with Gasteiger partial charge in [-0.1, -0.05) is 29.8 Å². The highest BCUT2D eigenvalue weighted by atomic mass is 16.3. The lowest BCUT2D eigenvalue weighted by atomic mass is 10.0. The Morgan fingerprint density at radius 1 is 1.00 bits per heavy atom. The molecule has 1 aromatic carbocycles. The minimum atomic E-state index is -0.202. The number of hydrogen-bond donors (Lipinski definition) is 0. The molecule has 0 saturated carbocycles. The van der Waals surface area contributed by atoms with Crippen molar-refractivity contribution in [2.45, 2.75) is 20.3 Å². The van der Waals surface area contributed by atoms with Gasteiger partial charge in [0.15, 0.2) is 11.6 Å². The van der Waals surface area contributed by atoms with Crippen LogP contribution >= 0.6 is 0 Å². The van der Waals surface area contributed by atoms with Crippen LogP contribution in [0.3, 0.4) is 0 Å². The number of furan rings is 1. The SMILES string of the molecule is Cc1ccc(C(=O)CC(=O)c2ccoc2C)cc1. The van der Waals surface area contributed by atoms with Gasteiger partial charge in [-0.3, -0.25) is 9.59 Å². The number of ketones is 2. The molecule has 0 saturated heterocycles. The number of rotatable bonds is 4. The fourth-order valence-corrected chi connectivity index (χ4v) is 1.76. The van der Waals surface area contributed by atoms with Crippen molar-refractivity contribution in [1.29, 1.82) is 0 Å². The van der Waals surface area contributed by atoms with Gasteiger partial charge in [0.25, 0.3) is 0 Å². The molecule has 18 heavy (non-hydrogen) atoms. The molecule has 1 aromatic heterocycles. The van der Waals surface area contributed by atoms with Crippen molar-refractivity contribution in [2.24, 2.45) is 0 Å². The fourth-order valence-electron chi connectivity index (χ4n) is 1.76. The molecule has 0 amide bonds. The van der Waals surface area contributed by atoms with Crippen LogP contribution in [0.2, 0.25) is 0 Å². The monoisotopic (exact) mass is 242 g/mol. The normalized spacial score (nSPS) is 10.3. The maximum atomic E-state index is 11.9. The fraction of sp³-hybridized carbons (Fsp3) is 0.200. The average Bonchev–Trinajstić information content (AvgIpc) is 2.76. The summed E-state index contributed by atoms with van der Waals surface area (Å²) in [5, 5.41) is 0. The standard InChI is InChI=1S/C15H14O3/c1-10-3-5-12(6-4-10)14(16)9-15(17)13-7-8-18-11(13)2/h3-8H,9H2,1-2H3. The third kappa shape index (κ3) is 2.56. The largest absolute Gasteiger partial charge is 0.469 e. The lowest BCUT2D eigenvalue weighted by Gasteiger charge is -2.01. The summed E-state index contributed by atoms with van der Waals surface area (Å²) in [6, 6.07) is 8.81. The molecule has 92 valence electrons. The molecule has 0 N–H and O–H groups in total. The number of carbonyl (C=O) groups is 2. The number of Topliss-reactive ketones (excluding diaryl/α,β-unsaturated/α-hetero) is 2. The van der Waals surface area contributed by atoms with E-state index in [2.05, 4.69) is 0 Å². The Kier molecular flexibility index (Phi) is 3.42. The van der Waals surface area contributed by atoms with Crippen LogP contribution in [0, 0.1) is 13.8 Å². The number of hydrogen-bond acceptors (Lipinski definition) is 3. The first-order chi connectivity index (χ1) is 8.58. The first-order valence-electron chi connectivity index (χ1n) is 5.75. The van der Waals surface area contributed by atoms with Crippen molar-refractivity contribution < 1.29 is 14.0 Å². The first-order valence-corrected chi connectivity index (χ1v) is 5.75. The van der Waals surface area contributed by atoms with Crippen LogP contribution < -0.4 is 0 Å². The molecule has 0 unspecified atom stereocenters. The predicted octanol–water partition coefficient (Wildman–Crippen LogP) is 3.35. The van der Waals surface area contributed by atoms with Gasteiger partial charge in [-0.25, -0.2) is 0 Å². The molecular formula is C15H14O3. The molecule has 2 rings (SSSR count). The van der Waals surface area contributed by atoms with Crippen molar-refractivity contribution in [3.63, 3.8) is 0 Å². The zero-order valence-corrected chi connectivity index (χ0v) is 10.4. The molecule has 0 atom stereocenters. The van der Waals surface area contributed by atoms with Crippen molar-refractivity contribution in [1.82, 2.24) is 0 Å². The van der Waals surface area contributed by atoms with Crippen molar-refractivity contribution in [3.8, 4) is 0 Å². The Morgan fingerprint density at radius 3 is 2.22 bits per heavy atom. The zero-order valence-electron chi connectivity index (χ0n) is 10.4. The Hall–Kier alpha value is -2.16. The van der Waals surface area contributed by atoms with E-state index < -0.39 is 0 Å². The van der Waals surface area contributed by atoms with E-state index in [4.69, 9.17) is 4.42 Å². The highest BCUT2D eigenvalue weighted by Gasteiger charge is 2.16. The van der Waals surface area contributed by atoms with Crippen LogP contribution in [-0.4, -0.2) is 11.6 Å². The second-order valence-corrected chi connectivity index (χ2v) is 4.28. The molecule has 3 nitrogen and oxygen atoms in total. The molecule has 0 aliphatic carbocycles. The number of benzene rings is 1. The van der Waals surface area contributed by atoms with Crippen LogP contribution in [0.1, 0.15) is 38.5 Å². The van der Waals surface area contributed by atoms with E-state index in [0.717, 1.165) is 5.56 Å². The van der Waals surface area contributed by atoms with Crippen molar-refractivity contribution >= 4 is 11.6 Å². The summed E-state index contributed by atoms with van der Waals surface area (Å²) in [6.45, 7) is 3.66. The molecule has 0 spiro atoms. The minimum absolute atomic E-state index is 0.122. The van der Waals surface area contributed by atoms with E-state index in [-0.39, 0.29) is 18.0 Å². The van der Waals surface area contributed by atoms with Gasteiger partial charge in [0.2, 0.25) is 0 Å². The molecule has 0 fully saturated rings. The maximum absolute atomic E-state index is 11.9. The molecule has 0 radical (unpaired) electrons. The van der Waals surface area contributed by atoms with Gasteiger partial charge in [-0.15, -0.1) is 0 Å². The van der Waals surface area contributed by atoms with Crippen LogP contribution in [0.4, 0.5) is 0 Å². The Morgan fingerprint density at radius 2 is 1.67 bits per heavy atom. The van der Waals surface area contributed by atoms with E-state index in [1.807, 2.05) is 19.1 Å². The van der Waals surface area contributed by atoms with Gasteiger partial charge in [-0.05, 0) is 19.9 Å². The molecular weight excluding hydrogens is 228 g/mol. The minimum Gasteiger partial charge on any atom is -0.469 e. The van der Waals surface area contributed by atoms with Gasteiger partial charge < -0.3 is 4.42 Å². The first kappa shape index (κ1) is 12.3. The van der Waals surface area contributed by atoms with E-state index in [1.165, 1.54) is 6.26 Å². The lowest BCUT2D eigenvalue weighted by Crippen LogP contribution is -2.08. The van der Waals surface area contributed by atoms with Crippen LogP contribution in [-0.2, 0) is 0 Å². The molecule has 1 heterocycles. The Balaban J connectivity index is 2.10. The number of carbonyl (C=O) groups excluding carboxylic acids is 2. The van der Waals surface area contributed by atoms with Crippen LogP contribution in [0.15, 0.2) is 41.0 Å². The molecule has 0 aliphatic rings. The summed E-state index contributed by atoms with van der Waals surface area (Å²) in [7, 11) is 0. The van der Waals surface area contributed by atoms with Crippen molar-refractivity contribution in [2.75, 3.05) is 0 Å². The second kappa shape index (κ2) is 5.00. The molecule has 2 aromatic rings. The van der Waals surface area contributed by atoms with Gasteiger partial charge in [0.1, 0.15) is 5.76 Å². The van der Waals surface area contributed by atoms with Gasteiger partial charge >= 0.3 is 0 Å². The summed E-state index contributed by atoms with van der Waals surface area (Å²) < 4.78 is 5.06. The predicted molar refractivity (Wildman–Crippen MR) is 67.9 cm³/mol. The summed E-state index contributed by atoms with van der Waals surface area (Å²) in [5.41, 5.74) is 2.13. The van der Waals surface area contributed by atoms with E-state index in [1.54, 1.807) is 25.1 Å². The third-order valence-electron chi connectivity index (χ3n) is 2.85. The van der Waals surface area contributed by atoms with Crippen LogP contribution in [0.5, 0.6) is 0 Å². The quantitative estimate of drug-likeness (QED) is 0.610. The van der Waals surface area contributed by atoms with Gasteiger partial charge in [0.05, 0.1) is 18.2 Å². The molecule has 0 bridgehead atoms. The zero-order chi connectivity index (χ0) is 13.1. The topological polar surface area (TPSA) is 47.3 Å². The van der Waals surface area contributed by atoms with E-state index in [9.17, 15) is 9.59 Å². The highest BCUT2D eigenvalue weighted by Crippen LogP contribution is 2.14. The molecule has 3 heteroatoms. The third-order valence-corrected chi connectivity index (χ3v) is 2.85. The average molecular weight is 242 g/mol. The summed E-state index contributed by atoms with van der Waals surface area (Å²) in [5.74, 6) is 0.184. The summed E-state index contributed by atoms with van der Waals surface area (Å²) in [6.07, 6.45) is 1.34. The van der Waals surface area contributed by atoms with E-state index >= 15 is 0 Å². The second-order valence-electron chi connectivity index (χ2n) is 4.28. The Labute approximate surface area is 105 Å². The smallest absolute Gasteiger partial charge is 0.174 e. The summed E-state index contributed by atoms with van der Waals surface area (Å²) >= 11 is 0. The molecule has 0 aliphatic heterocycles. The van der Waals surface area contributed by atoms with Crippen LogP contribution in [0.25, 0.3) is 0 Å². The van der Waals surface area contributed by atoms with Gasteiger partial charge in [-0.2, -0.15) is 0 Å².